The van der Waals surface area contributed by atoms with Gasteiger partial charge in [-0.3, -0.25) is 9.89 Å². The second-order valence-corrected chi connectivity index (χ2v) is 4.04. The van der Waals surface area contributed by atoms with Crippen LogP contribution in [0.25, 0.3) is 11.5 Å². The monoisotopic (exact) mass is 247 g/mol. The fourth-order valence-electron chi connectivity index (χ4n) is 1.91. The topological polar surface area (TPSA) is 71.4 Å². The van der Waals surface area contributed by atoms with Crippen LogP contribution in [0, 0.1) is 0 Å². The molecule has 0 bridgehead atoms. The molecule has 3 rings (SSSR count). The first-order valence-electron chi connectivity index (χ1n) is 5.81. The van der Waals surface area contributed by atoms with Crippen LogP contribution in [0.5, 0.6) is 0 Å². The molecule has 0 unspecified atom stereocenters. The molecular formula is C12H13N3O3. The standard InChI is InChI=1S/C12H13N3O3/c16-12(15-5-7-17-8-6-15)11-2-1-10(18-11)9-3-4-13-14-9/h1-4H,5-8H2,(H,13,14). The first kappa shape index (κ1) is 11.0. The van der Waals surface area contributed by atoms with Crippen LogP contribution in [0.15, 0.2) is 28.8 Å². The fraction of sp³-hybridized carbons (Fsp3) is 0.333. The number of carbonyl (C=O) groups excluding carboxylic acids is 1. The summed E-state index contributed by atoms with van der Waals surface area (Å²) in [6, 6.07) is 5.25. The second kappa shape index (κ2) is 4.66. The lowest BCUT2D eigenvalue weighted by atomic mass is 10.3. The van der Waals surface area contributed by atoms with E-state index in [9.17, 15) is 4.79 Å². The third-order valence-electron chi connectivity index (χ3n) is 2.88. The van der Waals surface area contributed by atoms with Gasteiger partial charge in [0.05, 0.1) is 13.2 Å². The predicted molar refractivity (Wildman–Crippen MR) is 63.0 cm³/mol. The number of carbonyl (C=O) groups is 1. The molecule has 0 aromatic carbocycles. The number of furan rings is 1. The average Bonchev–Trinajstić information content (AvgIpc) is 3.09. The Morgan fingerprint density at radius 3 is 2.83 bits per heavy atom. The molecular weight excluding hydrogens is 234 g/mol. The molecule has 1 saturated heterocycles. The number of amides is 1. The molecule has 2 aromatic rings. The van der Waals surface area contributed by atoms with Gasteiger partial charge in [-0.1, -0.05) is 0 Å². The molecule has 0 radical (unpaired) electrons. The zero-order chi connectivity index (χ0) is 12.4. The Morgan fingerprint density at radius 1 is 1.28 bits per heavy atom. The van der Waals surface area contributed by atoms with Gasteiger partial charge in [0.1, 0.15) is 5.69 Å². The van der Waals surface area contributed by atoms with Crippen LogP contribution in [0.2, 0.25) is 0 Å². The molecule has 2 aromatic heterocycles. The summed E-state index contributed by atoms with van der Waals surface area (Å²) in [4.78, 5) is 13.9. The Kier molecular flexibility index (Phi) is 2.85. The van der Waals surface area contributed by atoms with Crippen molar-refractivity contribution in [3.63, 3.8) is 0 Å². The highest BCUT2D eigenvalue weighted by molar-refractivity contribution is 5.92. The maximum Gasteiger partial charge on any atom is 0.289 e. The summed E-state index contributed by atoms with van der Waals surface area (Å²) in [5.41, 5.74) is 0.760. The van der Waals surface area contributed by atoms with Crippen molar-refractivity contribution >= 4 is 5.91 Å². The number of rotatable bonds is 2. The Hall–Kier alpha value is -2.08. The summed E-state index contributed by atoms with van der Waals surface area (Å²) in [5.74, 6) is 0.870. The molecule has 1 aliphatic heterocycles. The largest absolute Gasteiger partial charge is 0.449 e. The molecule has 94 valence electrons. The molecule has 0 aliphatic carbocycles. The second-order valence-electron chi connectivity index (χ2n) is 4.04. The molecule has 0 atom stereocenters. The Labute approximate surface area is 104 Å². The van der Waals surface area contributed by atoms with Gasteiger partial charge in [0, 0.05) is 19.3 Å². The van der Waals surface area contributed by atoms with Gasteiger partial charge in [-0.05, 0) is 18.2 Å². The van der Waals surface area contributed by atoms with E-state index in [4.69, 9.17) is 9.15 Å². The van der Waals surface area contributed by atoms with Crippen LogP contribution in [0.3, 0.4) is 0 Å². The average molecular weight is 247 g/mol. The van der Waals surface area contributed by atoms with Crippen molar-refractivity contribution in [2.24, 2.45) is 0 Å². The van der Waals surface area contributed by atoms with Crippen LogP contribution in [0.1, 0.15) is 10.6 Å². The lowest BCUT2D eigenvalue weighted by Crippen LogP contribution is -2.40. The quantitative estimate of drug-likeness (QED) is 0.863. The van der Waals surface area contributed by atoms with Gasteiger partial charge in [0.25, 0.3) is 5.91 Å². The van der Waals surface area contributed by atoms with Gasteiger partial charge >= 0.3 is 0 Å². The fourth-order valence-corrected chi connectivity index (χ4v) is 1.91. The van der Waals surface area contributed by atoms with E-state index in [-0.39, 0.29) is 5.91 Å². The summed E-state index contributed by atoms with van der Waals surface area (Å²) >= 11 is 0. The van der Waals surface area contributed by atoms with Crippen molar-refractivity contribution in [3.05, 3.63) is 30.2 Å². The Morgan fingerprint density at radius 2 is 2.11 bits per heavy atom. The van der Waals surface area contributed by atoms with Crippen molar-refractivity contribution in [1.29, 1.82) is 0 Å². The van der Waals surface area contributed by atoms with Crippen molar-refractivity contribution in [1.82, 2.24) is 15.1 Å². The van der Waals surface area contributed by atoms with E-state index in [1.165, 1.54) is 0 Å². The van der Waals surface area contributed by atoms with Gasteiger partial charge in [0.2, 0.25) is 0 Å². The summed E-state index contributed by atoms with van der Waals surface area (Å²) in [7, 11) is 0. The summed E-state index contributed by atoms with van der Waals surface area (Å²) in [5, 5.41) is 6.64. The maximum absolute atomic E-state index is 12.1. The molecule has 1 aliphatic rings. The molecule has 3 heterocycles. The molecule has 6 heteroatoms. The zero-order valence-electron chi connectivity index (χ0n) is 9.76. The number of aromatic nitrogens is 2. The molecule has 0 saturated carbocycles. The van der Waals surface area contributed by atoms with Crippen molar-refractivity contribution in [2.45, 2.75) is 0 Å². The SMILES string of the molecule is O=C(c1ccc(-c2ccn[nH]2)o1)N1CCOCC1. The first-order chi connectivity index (χ1) is 8.84. The molecule has 1 N–H and O–H groups in total. The van der Waals surface area contributed by atoms with Crippen LogP contribution in [0.4, 0.5) is 0 Å². The molecule has 1 amide bonds. The summed E-state index contributed by atoms with van der Waals surface area (Å²) in [6.07, 6.45) is 1.64. The van der Waals surface area contributed by atoms with Gasteiger partial charge in [-0.25, -0.2) is 0 Å². The van der Waals surface area contributed by atoms with E-state index < -0.39 is 0 Å². The lowest BCUT2D eigenvalue weighted by molar-refractivity contribution is 0.0283. The number of nitrogens with one attached hydrogen (secondary N) is 1. The number of ether oxygens (including phenoxy) is 1. The minimum atomic E-state index is -0.0935. The van der Waals surface area contributed by atoms with Crippen LogP contribution >= 0.6 is 0 Å². The Balaban J connectivity index is 1.78. The normalized spacial score (nSPS) is 15.9. The van der Waals surface area contributed by atoms with E-state index in [0.29, 0.717) is 37.8 Å². The van der Waals surface area contributed by atoms with Gasteiger partial charge in [-0.2, -0.15) is 5.10 Å². The number of hydrogen-bond acceptors (Lipinski definition) is 4. The first-order valence-corrected chi connectivity index (χ1v) is 5.81. The third kappa shape index (κ3) is 2.02. The molecule has 0 spiro atoms. The highest BCUT2D eigenvalue weighted by Crippen LogP contribution is 2.20. The van der Waals surface area contributed by atoms with Crippen LogP contribution in [-0.4, -0.2) is 47.3 Å². The van der Waals surface area contributed by atoms with Gasteiger partial charge in [0.15, 0.2) is 11.5 Å². The molecule has 6 nitrogen and oxygen atoms in total. The van der Waals surface area contributed by atoms with E-state index in [1.807, 2.05) is 0 Å². The highest BCUT2D eigenvalue weighted by Gasteiger charge is 2.21. The smallest absolute Gasteiger partial charge is 0.289 e. The van der Waals surface area contributed by atoms with Gasteiger partial charge in [-0.15, -0.1) is 0 Å². The minimum Gasteiger partial charge on any atom is -0.449 e. The maximum atomic E-state index is 12.1. The van der Waals surface area contributed by atoms with E-state index >= 15 is 0 Å². The molecule has 1 fully saturated rings. The highest BCUT2D eigenvalue weighted by atomic mass is 16.5. The van der Waals surface area contributed by atoms with Crippen LogP contribution in [-0.2, 0) is 4.74 Å². The van der Waals surface area contributed by atoms with E-state index in [1.54, 1.807) is 29.3 Å². The predicted octanol–water partition coefficient (Wildman–Crippen LogP) is 1.14. The number of aromatic amines is 1. The van der Waals surface area contributed by atoms with E-state index in [2.05, 4.69) is 10.2 Å². The molecule has 18 heavy (non-hydrogen) atoms. The van der Waals surface area contributed by atoms with Crippen molar-refractivity contribution in [2.75, 3.05) is 26.3 Å². The number of H-pyrrole nitrogens is 1. The minimum absolute atomic E-state index is 0.0935. The number of morpholine rings is 1. The summed E-state index contributed by atoms with van der Waals surface area (Å²) in [6.45, 7) is 2.39. The number of hydrogen-bond donors (Lipinski definition) is 1. The van der Waals surface area contributed by atoms with Crippen molar-refractivity contribution < 1.29 is 13.9 Å². The Bertz CT molecular complexity index is 527. The van der Waals surface area contributed by atoms with Gasteiger partial charge < -0.3 is 14.1 Å². The van der Waals surface area contributed by atoms with Crippen molar-refractivity contribution in [3.8, 4) is 11.5 Å². The number of nitrogens with zero attached hydrogens (tertiary/aromatic N) is 2. The third-order valence-corrected chi connectivity index (χ3v) is 2.88. The zero-order valence-corrected chi connectivity index (χ0v) is 9.76. The van der Waals surface area contributed by atoms with E-state index in [0.717, 1.165) is 5.69 Å². The van der Waals surface area contributed by atoms with Crippen LogP contribution < -0.4 is 0 Å². The summed E-state index contributed by atoms with van der Waals surface area (Å²) < 4.78 is 10.8. The lowest BCUT2D eigenvalue weighted by Gasteiger charge is -2.25.